The van der Waals surface area contributed by atoms with Gasteiger partial charge in [-0.25, -0.2) is 18.2 Å². The molecule has 1 aromatic carbocycles. The van der Waals surface area contributed by atoms with Crippen molar-refractivity contribution < 1.29 is 46.6 Å². The molecule has 4 aliphatic heterocycles. The van der Waals surface area contributed by atoms with E-state index >= 15 is 0 Å². The van der Waals surface area contributed by atoms with E-state index < -0.39 is 74.7 Å². The Morgan fingerprint density at radius 2 is 1.84 bits per heavy atom. The van der Waals surface area contributed by atoms with Crippen LogP contribution in [0.15, 0.2) is 41.8 Å². The van der Waals surface area contributed by atoms with Crippen LogP contribution in [-0.2, 0) is 33.9 Å². The third kappa shape index (κ3) is 8.26. The first-order chi connectivity index (χ1) is 27.5. The number of carbonyl (C=O) groups is 5. The second-order valence-electron chi connectivity index (χ2n) is 15.9. The molecular formula is C39H48N6O10S2. The number of likely N-dealkylation sites (tertiary alicyclic amines) is 1. The lowest BCUT2D eigenvalue weighted by atomic mass is 9.93. The number of ether oxygens (including phenoxy) is 3. The van der Waals surface area contributed by atoms with E-state index in [1.807, 2.05) is 41.8 Å². The summed E-state index contributed by atoms with van der Waals surface area (Å²) in [7, 11) is -2.33. The van der Waals surface area contributed by atoms with Crippen molar-refractivity contribution in [2.75, 3.05) is 40.0 Å². The number of sulfonamides is 1. The molecule has 5 amide bonds. The summed E-state index contributed by atoms with van der Waals surface area (Å²) in [6.07, 6.45) is 7.48. The minimum absolute atomic E-state index is 0.128. The van der Waals surface area contributed by atoms with Crippen LogP contribution >= 0.6 is 11.3 Å². The Hall–Kier alpha value is -4.55. The van der Waals surface area contributed by atoms with Crippen molar-refractivity contribution in [3.63, 3.8) is 0 Å². The maximum absolute atomic E-state index is 14.7. The van der Waals surface area contributed by atoms with Gasteiger partial charge in [-0.2, -0.15) is 0 Å². The maximum Gasteiger partial charge on any atom is 0.408 e. The molecule has 0 radical (unpaired) electrons. The summed E-state index contributed by atoms with van der Waals surface area (Å²) in [5, 5.41) is 7.15. The molecule has 57 heavy (non-hydrogen) atoms. The number of carbonyl (C=O) groups excluding carboxylic acids is 5. The lowest BCUT2D eigenvalue weighted by Gasteiger charge is -2.32. The van der Waals surface area contributed by atoms with Gasteiger partial charge in [-0.15, -0.1) is 11.3 Å². The Bertz CT molecular complexity index is 2030. The highest BCUT2D eigenvalue weighted by Gasteiger charge is 2.63. The quantitative estimate of drug-likeness (QED) is 0.331. The largest absolute Gasteiger partial charge is 0.497 e. The fraction of sp³-hybridized carbons (Fsp3) is 0.590. The summed E-state index contributed by atoms with van der Waals surface area (Å²) in [6.45, 7) is 1.27. The first-order valence-corrected chi connectivity index (χ1v) is 22.2. The number of methoxy groups -OCH3 is 1. The number of hydrogen-bond acceptors (Lipinski definition) is 12. The van der Waals surface area contributed by atoms with Gasteiger partial charge in [-0.3, -0.25) is 23.9 Å². The second kappa shape index (κ2) is 16.0. The highest BCUT2D eigenvalue weighted by atomic mass is 32.2. The molecule has 6 aliphatic rings. The van der Waals surface area contributed by atoms with Crippen LogP contribution < -0.4 is 20.1 Å². The normalized spacial score (nSPS) is 30.8. The number of allylic oxidation sites excluding steroid dienone is 1. The van der Waals surface area contributed by atoms with E-state index in [0.29, 0.717) is 56.6 Å². The number of benzene rings is 1. The molecule has 8 rings (SSSR count). The molecule has 3 saturated heterocycles. The van der Waals surface area contributed by atoms with E-state index in [9.17, 15) is 32.4 Å². The zero-order chi connectivity index (χ0) is 39.9. The summed E-state index contributed by atoms with van der Waals surface area (Å²) in [4.78, 5) is 77.9. The summed E-state index contributed by atoms with van der Waals surface area (Å²) in [6, 6.07) is 5.25. The average Bonchev–Trinajstić information content (AvgIpc) is 3.86. The van der Waals surface area contributed by atoms with Crippen LogP contribution in [0.4, 0.5) is 4.79 Å². The van der Waals surface area contributed by atoms with Gasteiger partial charge >= 0.3 is 6.09 Å². The van der Waals surface area contributed by atoms with E-state index in [0.717, 1.165) is 18.4 Å². The summed E-state index contributed by atoms with van der Waals surface area (Å²) in [5.41, 5.74) is -0.0631. The molecule has 0 unspecified atom stereocenters. The molecule has 2 aliphatic carbocycles. The van der Waals surface area contributed by atoms with E-state index in [1.54, 1.807) is 12.0 Å². The number of rotatable bonds is 8. The van der Waals surface area contributed by atoms with Gasteiger partial charge in [0, 0.05) is 54.8 Å². The lowest BCUT2D eigenvalue weighted by molar-refractivity contribution is -0.142. The number of thiazole rings is 1. The second-order valence-corrected chi connectivity index (χ2v) is 18.8. The van der Waals surface area contributed by atoms with Gasteiger partial charge in [0.1, 0.15) is 29.5 Å². The van der Waals surface area contributed by atoms with Crippen molar-refractivity contribution in [3.05, 3.63) is 46.8 Å². The first-order valence-electron chi connectivity index (χ1n) is 19.7. The molecule has 1 aromatic heterocycles. The van der Waals surface area contributed by atoms with E-state index in [1.165, 1.54) is 16.2 Å². The van der Waals surface area contributed by atoms with Crippen molar-refractivity contribution in [1.29, 1.82) is 0 Å². The monoisotopic (exact) mass is 824 g/mol. The van der Waals surface area contributed by atoms with E-state index in [2.05, 4.69) is 20.3 Å². The SMILES string of the molecule is COc1ccc(-c2csc(C(=O)N3C[C@H]4CN5C(=O)[C@@H](NC(=O)O[C@@H]6CCOC6)CCCCC/C=C\[C@H]6C[C@@]6(C(=O)NS(=O)(=O)C6CC6)NC(=O)[C@@H]5[C@H]4C3)n2)cc1. The van der Waals surface area contributed by atoms with Crippen molar-refractivity contribution >= 4 is 51.1 Å². The summed E-state index contributed by atoms with van der Waals surface area (Å²) >= 11 is 1.22. The average molecular weight is 825 g/mol. The van der Waals surface area contributed by atoms with Gasteiger partial charge in [0.2, 0.25) is 21.8 Å². The van der Waals surface area contributed by atoms with E-state index in [-0.39, 0.29) is 49.5 Å². The zero-order valence-corrected chi connectivity index (χ0v) is 33.4. The molecule has 16 nitrogen and oxygen atoms in total. The number of aromatic nitrogens is 1. The third-order valence-corrected chi connectivity index (χ3v) is 14.7. The molecule has 5 fully saturated rings. The van der Waals surface area contributed by atoms with Crippen LogP contribution in [-0.4, -0.2) is 122 Å². The predicted molar refractivity (Wildman–Crippen MR) is 206 cm³/mol. The van der Waals surface area contributed by atoms with Crippen molar-refractivity contribution in [1.82, 2.24) is 30.1 Å². The maximum atomic E-state index is 14.7. The Balaban J connectivity index is 1.06. The minimum atomic E-state index is -3.92. The Kier molecular flexibility index (Phi) is 11.0. The molecule has 2 saturated carbocycles. The topological polar surface area (TPSA) is 203 Å². The molecule has 2 aromatic rings. The molecule has 306 valence electrons. The Morgan fingerprint density at radius 3 is 2.58 bits per heavy atom. The number of hydrogen-bond donors (Lipinski definition) is 3. The van der Waals surface area contributed by atoms with Crippen LogP contribution in [0.1, 0.15) is 67.6 Å². The number of amides is 5. The fourth-order valence-corrected chi connectivity index (χ4v) is 10.7. The minimum Gasteiger partial charge on any atom is -0.497 e. The van der Waals surface area contributed by atoms with Gasteiger partial charge < -0.3 is 34.6 Å². The molecule has 5 heterocycles. The van der Waals surface area contributed by atoms with Crippen LogP contribution in [0, 0.1) is 17.8 Å². The van der Waals surface area contributed by atoms with Crippen molar-refractivity contribution in [2.45, 2.75) is 86.8 Å². The first kappa shape index (κ1) is 39.3. The van der Waals surface area contributed by atoms with Crippen molar-refractivity contribution in [2.24, 2.45) is 17.8 Å². The standard InChI is InChI=1S/C39H48N6O10S2/c1-53-26-11-9-23(10-12-26)31-22-56-34(40-31)36(48)44-18-24-19-45-32(29(24)20-44)33(46)42-39(37(49)43-57(51,52)28-13-14-28)17-25(39)7-5-3-2-4-6-8-30(35(45)47)41-38(50)55-27-15-16-54-21-27/h5,7,9-12,22,24-25,27-30,32H,2-4,6,8,13-21H2,1H3,(H,41,50)(H,42,46)(H,43,49)/b7-5-/t24-,25-,27+,29-,30-,32-,39+/m0/s1. The molecule has 0 spiro atoms. The predicted octanol–water partition coefficient (Wildman–Crippen LogP) is 2.61. The van der Waals surface area contributed by atoms with Crippen LogP contribution in [0.3, 0.4) is 0 Å². The highest BCUT2D eigenvalue weighted by molar-refractivity contribution is 7.91. The molecule has 3 N–H and O–H groups in total. The molecule has 18 heteroatoms. The third-order valence-electron chi connectivity index (χ3n) is 12.0. The van der Waals surface area contributed by atoms with Crippen LogP contribution in [0.2, 0.25) is 0 Å². The van der Waals surface area contributed by atoms with Crippen molar-refractivity contribution in [3.8, 4) is 17.0 Å². The number of nitrogens with zero attached hydrogens (tertiary/aromatic N) is 3. The van der Waals surface area contributed by atoms with Gasteiger partial charge in [-0.05, 0) is 62.8 Å². The van der Waals surface area contributed by atoms with Crippen LogP contribution in [0.5, 0.6) is 5.75 Å². The van der Waals surface area contributed by atoms with Gasteiger partial charge in [0.05, 0.1) is 31.3 Å². The van der Waals surface area contributed by atoms with Crippen LogP contribution in [0.25, 0.3) is 11.3 Å². The number of alkyl carbamates (subject to hydrolysis) is 1. The summed E-state index contributed by atoms with van der Waals surface area (Å²) < 4.78 is 44.2. The smallest absolute Gasteiger partial charge is 0.408 e. The van der Waals surface area contributed by atoms with Gasteiger partial charge in [0.25, 0.3) is 11.8 Å². The fourth-order valence-electron chi connectivity index (χ4n) is 8.57. The van der Waals surface area contributed by atoms with E-state index in [4.69, 9.17) is 14.2 Å². The van der Waals surface area contributed by atoms with Gasteiger partial charge in [0.15, 0.2) is 5.01 Å². The Morgan fingerprint density at radius 1 is 1.04 bits per heavy atom. The molecule has 7 atom stereocenters. The van der Waals surface area contributed by atoms with Gasteiger partial charge in [-0.1, -0.05) is 25.0 Å². The number of fused-ring (bicyclic) bond motifs is 4. The number of nitrogens with one attached hydrogen (secondary N) is 3. The zero-order valence-electron chi connectivity index (χ0n) is 31.7. The highest BCUT2D eigenvalue weighted by Crippen LogP contribution is 2.47. The Labute approximate surface area is 335 Å². The molecular weight excluding hydrogens is 777 g/mol. The molecule has 0 bridgehead atoms. The lowest BCUT2D eigenvalue weighted by Crippen LogP contribution is -2.60. The summed E-state index contributed by atoms with van der Waals surface area (Å²) in [5.74, 6) is -2.73.